The molecule has 2 aromatic rings. The van der Waals surface area contributed by atoms with E-state index in [4.69, 9.17) is 11.0 Å². The number of aromatic nitrogens is 1. The first kappa shape index (κ1) is 17.8. The lowest BCUT2D eigenvalue weighted by molar-refractivity contribution is 0.623. The monoisotopic (exact) mass is 343 g/mol. The number of nitrogens with two attached hydrogens (primary N) is 1. The number of anilines is 1. The first-order valence-electron chi connectivity index (χ1n) is 7.46. The molecular formula is C17H21N5OS. The number of rotatable bonds is 5. The van der Waals surface area contributed by atoms with Crippen molar-refractivity contribution in [3.05, 3.63) is 41.7 Å². The van der Waals surface area contributed by atoms with E-state index in [1.165, 1.54) is 0 Å². The van der Waals surface area contributed by atoms with Gasteiger partial charge in [-0.2, -0.15) is 5.26 Å². The van der Waals surface area contributed by atoms with Gasteiger partial charge in [-0.25, -0.2) is 4.21 Å². The van der Waals surface area contributed by atoms with Gasteiger partial charge in [0.2, 0.25) is 0 Å². The lowest BCUT2D eigenvalue weighted by Gasteiger charge is -2.10. The van der Waals surface area contributed by atoms with Gasteiger partial charge >= 0.3 is 0 Å². The molecule has 6 nitrogen and oxygen atoms in total. The van der Waals surface area contributed by atoms with Gasteiger partial charge in [-0.3, -0.25) is 4.99 Å². The van der Waals surface area contributed by atoms with Crippen molar-refractivity contribution in [3.8, 4) is 6.07 Å². The molecule has 1 aromatic carbocycles. The Hall–Kier alpha value is -2.59. The largest absolute Gasteiger partial charge is 0.390 e. The first-order valence-corrected chi connectivity index (χ1v) is 9.02. The van der Waals surface area contributed by atoms with Gasteiger partial charge in [0.25, 0.3) is 0 Å². The van der Waals surface area contributed by atoms with Crippen molar-refractivity contribution in [1.82, 2.24) is 4.57 Å². The summed E-state index contributed by atoms with van der Waals surface area (Å²) in [7, 11) is 0.537. The fourth-order valence-corrected chi connectivity index (χ4v) is 3.01. The van der Waals surface area contributed by atoms with E-state index in [9.17, 15) is 4.21 Å². The number of nitriles is 1. The number of benzene rings is 1. The summed E-state index contributed by atoms with van der Waals surface area (Å²) in [6, 6.07) is 7.95. The van der Waals surface area contributed by atoms with E-state index < -0.39 is 11.0 Å². The molecule has 1 atom stereocenters. The highest BCUT2D eigenvalue weighted by atomic mass is 32.2. The van der Waals surface area contributed by atoms with Gasteiger partial charge in [0.1, 0.15) is 22.8 Å². The molecule has 0 bridgehead atoms. The summed E-state index contributed by atoms with van der Waals surface area (Å²) in [5.74, 6) is 0. The predicted octanol–water partition coefficient (Wildman–Crippen LogP) is 2.71. The van der Waals surface area contributed by atoms with Crippen molar-refractivity contribution in [2.75, 3.05) is 18.0 Å². The lowest BCUT2D eigenvalue weighted by atomic mass is 10.1. The maximum absolute atomic E-state index is 11.4. The summed E-state index contributed by atoms with van der Waals surface area (Å²) >= 11 is 0. The lowest BCUT2D eigenvalue weighted by Crippen LogP contribution is -2.03. The molecule has 0 radical (unpaired) electrons. The molecule has 1 heterocycles. The van der Waals surface area contributed by atoms with Crippen LogP contribution in [-0.2, 0) is 11.0 Å². The SMILES string of the molecule is CN=C(/C=C(\N)C#N)c1cn(C(C)C)c2cc(NS(C)=O)ccc12. The van der Waals surface area contributed by atoms with E-state index in [1.54, 1.807) is 19.4 Å². The predicted molar refractivity (Wildman–Crippen MR) is 100 cm³/mol. The topological polar surface area (TPSA) is 96.2 Å². The minimum atomic E-state index is -1.13. The van der Waals surface area contributed by atoms with Gasteiger partial charge in [0.15, 0.2) is 0 Å². The fourth-order valence-electron chi connectivity index (χ4n) is 2.55. The molecule has 0 saturated heterocycles. The van der Waals surface area contributed by atoms with Gasteiger partial charge in [-0.1, -0.05) is 6.07 Å². The van der Waals surface area contributed by atoms with Crippen molar-refractivity contribution in [1.29, 1.82) is 5.26 Å². The molecule has 0 aliphatic rings. The molecule has 2 rings (SSSR count). The van der Waals surface area contributed by atoms with Crippen LogP contribution in [0.15, 0.2) is 41.2 Å². The highest BCUT2D eigenvalue weighted by Crippen LogP contribution is 2.28. The van der Waals surface area contributed by atoms with Crippen LogP contribution in [0.2, 0.25) is 0 Å². The van der Waals surface area contributed by atoms with E-state index in [2.05, 4.69) is 28.1 Å². The molecule has 0 amide bonds. The van der Waals surface area contributed by atoms with Gasteiger partial charge in [0.05, 0.1) is 11.2 Å². The molecule has 0 aliphatic heterocycles. The fraction of sp³-hybridized carbons (Fsp3) is 0.294. The maximum Gasteiger partial charge on any atom is 0.117 e. The molecule has 7 heteroatoms. The van der Waals surface area contributed by atoms with E-state index in [1.807, 2.05) is 30.5 Å². The molecule has 0 saturated carbocycles. The van der Waals surface area contributed by atoms with Crippen LogP contribution in [0, 0.1) is 11.3 Å². The summed E-state index contributed by atoms with van der Waals surface area (Å²) in [6.07, 6.45) is 5.17. The van der Waals surface area contributed by atoms with E-state index in [0.29, 0.717) is 5.71 Å². The number of hydrogen-bond acceptors (Lipinski definition) is 4. The second kappa shape index (κ2) is 7.32. The Balaban J connectivity index is 2.68. The molecule has 126 valence electrons. The van der Waals surface area contributed by atoms with Crippen LogP contribution < -0.4 is 10.5 Å². The summed E-state index contributed by atoms with van der Waals surface area (Å²) in [5.41, 5.74) is 9.10. The zero-order valence-electron chi connectivity index (χ0n) is 14.2. The van der Waals surface area contributed by atoms with Crippen LogP contribution in [0.5, 0.6) is 0 Å². The molecule has 1 unspecified atom stereocenters. The smallest absolute Gasteiger partial charge is 0.117 e. The third kappa shape index (κ3) is 3.66. The zero-order chi connectivity index (χ0) is 17.9. The Kier molecular flexibility index (Phi) is 5.42. The molecule has 3 N–H and O–H groups in total. The number of nitrogens with one attached hydrogen (secondary N) is 1. The number of aliphatic imine (C=N–C) groups is 1. The third-order valence-electron chi connectivity index (χ3n) is 3.59. The minimum absolute atomic E-state index is 0.112. The number of allylic oxidation sites excluding steroid dienone is 2. The van der Waals surface area contributed by atoms with Gasteiger partial charge in [-0.05, 0) is 32.1 Å². The van der Waals surface area contributed by atoms with Crippen molar-refractivity contribution < 1.29 is 4.21 Å². The first-order chi connectivity index (χ1) is 11.4. The molecule has 1 aromatic heterocycles. The third-order valence-corrected chi connectivity index (χ3v) is 4.11. The average Bonchev–Trinajstić information content (AvgIpc) is 2.90. The highest BCUT2D eigenvalue weighted by molar-refractivity contribution is 7.85. The summed E-state index contributed by atoms with van der Waals surface area (Å²) in [6.45, 7) is 4.17. The minimum Gasteiger partial charge on any atom is -0.390 e. The molecule has 0 fully saturated rings. The second-order valence-electron chi connectivity index (χ2n) is 5.65. The Bertz CT molecular complexity index is 886. The summed E-state index contributed by atoms with van der Waals surface area (Å²) in [5, 5.41) is 9.91. The van der Waals surface area contributed by atoms with Crippen LogP contribution in [0.25, 0.3) is 10.9 Å². The quantitative estimate of drug-likeness (QED) is 0.645. The van der Waals surface area contributed by atoms with Crippen LogP contribution in [-0.4, -0.2) is 27.8 Å². The Labute approximate surface area is 144 Å². The van der Waals surface area contributed by atoms with E-state index in [-0.39, 0.29) is 11.7 Å². The number of fused-ring (bicyclic) bond motifs is 1. The van der Waals surface area contributed by atoms with Crippen molar-refractivity contribution in [2.24, 2.45) is 10.7 Å². The Morgan fingerprint density at radius 1 is 1.50 bits per heavy atom. The normalized spacial score (nSPS) is 14.0. The van der Waals surface area contributed by atoms with E-state index in [0.717, 1.165) is 22.2 Å². The Morgan fingerprint density at radius 2 is 2.21 bits per heavy atom. The van der Waals surface area contributed by atoms with Crippen molar-refractivity contribution >= 4 is 33.3 Å². The number of hydrogen-bond donors (Lipinski definition) is 2. The van der Waals surface area contributed by atoms with Crippen LogP contribution in [0.3, 0.4) is 0 Å². The summed E-state index contributed by atoms with van der Waals surface area (Å²) in [4.78, 5) is 4.27. The Morgan fingerprint density at radius 3 is 2.75 bits per heavy atom. The zero-order valence-corrected chi connectivity index (χ0v) is 15.0. The molecule has 0 spiro atoms. The van der Waals surface area contributed by atoms with Crippen molar-refractivity contribution in [3.63, 3.8) is 0 Å². The van der Waals surface area contributed by atoms with E-state index >= 15 is 0 Å². The standard InChI is InChI=1S/C17H21N5OS/c1-11(2)22-10-15(16(20-3)7-12(19)9-18)14-6-5-13(8-17(14)22)21-24(4)23/h5-8,10-11,21H,19H2,1-4H3/b12-7-,20-16?. The average molecular weight is 343 g/mol. The molecule has 0 aliphatic carbocycles. The second-order valence-corrected chi connectivity index (χ2v) is 6.76. The van der Waals surface area contributed by atoms with Crippen LogP contribution in [0.1, 0.15) is 25.5 Å². The van der Waals surface area contributed by atoms with Crippen LogP contribution in [0.4, 0.5) is 5.69 Å². The highest BCUT2D eigenvalue weighted by Gasteiger charge is 2.14. The molecular weight excluding hydrogens is 322 g/mol. The maximum atomic E-state index is 11.4. The molecule has 24 heavy (non-hydrogen) atoms. The summed E-state index contributed by atoms with van der Waals surface area (Å²) < 4.78 is 16.4. The van der Waals surface area contributed by atoms with Gasteiger partial charge < -0.3 is 15.0 Å². The van der Waals surface area contributed by atoms with Gasteiger partial charge in [-0.15, -0.1) is 0 Å². The van der Waals surface area contributed by atoms with Gasteiger partial charge in [0, 0.05) is 42.2 Å². The number of nitrogens with zero attached hydrogens (tertiary/aromatic N) is 3. The van der Waals surface area contributed by atoms with Crippen LogP contribution >= 0.6 is 0 Å². The van der Waals surface area contributed by atoms with Crippen molar-refractivity contribution in [2.45, 2.75) is 19.9 Å².